The zero-order chi connectivity index (χ0) is 12.8. The van der Waals surface area contributed by atoms with Crippen LogP contribution in [0.1, 0.15) is 19.4 Å². The number of hydrogen-bond acceptors (Lipinski definition) is 2. The molecule has 0 aliphatic carbocycles. The third kappa shape index (κ3) is 4.00. The fraction of sp³-hybridized carbons (Fsp3) is 0.571. The van der Waals surface area contributed by atoms with Gasteiger partial charge in [-0.05, 0) is 49.5 Å². The normalized spacial score (nSPS) is 12.8. The molecule has 0 amide bonds. The van der Waals surface area contributed by atoms with Crippen molar-refractivity contribution in [3.8, 4) is 5.75 Å². The number of halogens is 1. The molecule has 1 aromatic rings. The Balaban J connectivity index is 2.76. The lowest BCUT2D eigenvalue weighted by Gasteiger charge is -2.20. The molecule has 0 spiro atoms. The Kier molecular flexibility index (Phi) is 5.42. The number of hydrogen-bond donors (Lipinski definition) is 1. The summed E-state index contributed by atoms with van der Waals surface area (Å²) in [7, 11) is 3.43. The van der Waals surface area contributed by atoms with Gasteiger partial charge in [0.2, 0.25) is 0 Å². The number of ether oxygens (including phenoxy) is 1. The Morgan fingerprint density at radius 1 is 1.35 bits per heavy atom. The minimum atomic E-state index is -0.281. The molecule has 3 heteroatoms. The lowest BCUT2D eigenvalue weighted by atomic mass is 9.89. The Bertz CT molecular complexity index is 352. The summed E-state index contributed by atoms with van der Waals surface area (Å²) in [5.74, 6) is 1.13. The fourth-order valence-corrected chi connectivity index (χ4v) is 1.95. The van der Waals surface area contributed by atoms with Crippen LogP contribution < -0.4 is 10.1 Å². The van der Waals surface area contributed by atoms with Gasteiger partial charge in [-0.3, -0.25) is 0 Å². The van der Waals surface area contributed by atoms with Gasteiger partial charge in [0.25, 0.3) is 0 Å². The predicted molar refractivity (Wildman–Crippen MR) is 68.9 cm³/mol. The van der Waals surface area contributed by atoms with E-state index in [4.69, 9.17) is 4.74 Å². The molecule has 0 heterocycles. The van der Waals surface area contributed by atoms with Gasteiger partial charge in [-0.2, -0.15) is 0 Å². The summed E-state index contributed by atoms with van der Waals surface area (Å²) in [6.45, 7) is 5.34. The summed E-state index contributed by atoms with van der Waals surface area (Å²) in [4.78, 5) is 0. The van der Waals surface area contributed by atoms with Crippen LogP contribution in [-0.4, -0.2) is 20.7 Å². The van der Waals surface area contributed by atoms with Crippen molar-refractivity contribution in [2.24, 2.45) is 11.8 Å². The van der Waals surface area contributed by atoms with Crippen LogP contribution in [0.25, 0.3) is 0 Å². The third-order valence-corrected chi connectivity index (χ3v) is 3.12. The van der Waals surface area contributed by atoms with E-state index >= 15 is 0 Å². The number of nitrogens with one attached hydrogen (secondary N) is 1. The van der Waals surface area contributed by atoms with Gasteiger partial charge in [-0.25, -0.2) is 4.39 Å². The molecule has 0 saturated carbocycles. The average molecular weight is 239 g/mol. The molecule has 1 N–H and O–H groups in total. The van der Waals surface area contributed by atoms with Crippen molar-refractivity contribution in [1.29, 1.82) is 0 Å². The monoisotopic (exact) mass is 239 g/mol. The molecule has 0 aliphatic heterocycles. The molecular weight excluding hydrogens is 217 g/mol. The Labute approximate surface area is 103 Å². The molecule has 17 heavy (non-hydrogen) atoms. The van der Waals surface area contributed by atoms with E-state index in [1.54, 1.807) is 12.1 Å². The maximum Gasteiger partial charge on any atom is 0.165 e. The molecule has 0 aromatic heterocycles. The molecule has 0 saturated heterocycles. The molecule has 0 bridgehead atoms. The van der Waals surface area contributed by atoms with Crippen molar-refractivity contribution in [2.45, 2.75) is 20.3 Å². The highest BCUT2D eigenvalue weighted by atomic mass is 19.1. The van der Waals surface area contributed by atoms with Crippen molar-refractivity contribution < 1.29 is 9.13 Å². The highest BCUT2D eigenvalue weighted by Gasteiger charge is 2.14. The SMILES string of the molecule is CNCC(Cc1ccc(OC)c(F)c1)C(C)C. The van der Waals surface area contributed by atoms with Crippen molar-refractivity contribution in [2.75, 3.05) is 20.7 Å². The highest BCUT2D eigenvalue weighted by molar-refractivity contribution is 5.29. The summed E-state index contributed by atoms with van der Waals surface area (Å²) in [5.41, 5.74) is 1.03. The smallest absolute Gasteiger partial charge is 0.165 e. The van der Waals surface area contributed by atoms with Crippen LogP contribution in [-0.2, 0) is 6.42 Å². The summed E-state index contributed by atoms with van der Waals surface area (Å²) in [6.07, 6.45) is 0.888. The summed E-state index contributed by atoms with van der Waals surface area (Å²) < 4.78 is 18.5. The van der Waals surface area contributed by atoms with E-state index < -0.39 is 0 Å². The quantitative estimate of drug-likeness (QED) is 0.824. The highest BCUT2D eigenvalue weighted by Crippen LogP contribution is 2.22. The Hall–Kier alpha value is -1.09. The van der Waals surface area contributed by atoms with Crippen LogP contribution in [0, 0.1) is 17.7 Å². The van der Waals surface area contributed by atoms with E-state index in [0.717, 1.165) is 18.5 Å². The first-order valence-corrected chi connectivity index (χ1v) is 6.05. The van der Waals surface area contributed by atoms with Crippen LogP contribution in [0.2, 0.25) is 0 Å². The molecular formula is C14H22FNO. The minimum Gasteiger partial charge on any atom is -0.494 e. The fourth-order valence-electron chi connectivity index (χ4n) is 1.95. The van der Waals surface area contributed by atoms with Gasteiger partial charge in [0, 0.05) is 0 Å². The second kappa shape index (κ2) is 6.60. The van der Waals surface area contributed by atoms with Gasteiger partial charge < -0.3 is 10.1 Å². The van der Waals surface area contributed by atoms with Gasteiger partial charge in [0.1, 0.15) is 0 Å². The average Bonchev–Trinajstić information content (AvgIpc) is 2.28. The second-order valence-corrected chi connectivity index (χ2v) is 4.73. The van der Waals surface area contributed by atoms with Crippen LogP contribution in [0.5, 0.6) is 5.75 Å². The van der Waals surface area contributed by atoms with Gasteiger partial charge in [0.15, 0.2) is 11.6 Å². The maximum absolute atomic E-state index is 13.5. The van der Waals surface area contributed by atoms with E-state index in [9.17, 15) is 4.39 Å². The molecule has 0 aliphatic rings. The van der Waals surface area contributed by atoms with Crippen molar-refractivity contribution in [3.05, 3.63) is 29.6 Å². The summed E-state index contributed by atoms with van der Waals surface area (Å²) in [6, 6.07) is 5.21. The topological polar surface area (TPSA) is 21.3 Å². The minimum absolute atomic E-state index is 0.281. The van der Waals surface area contributed by atoms with Gasteiger partial charge in [-0.15, -0.1) is 0 Å². The van der Waals surface area contributed by atoms with E-state index in [1.807, 2.05) is 13.1 Å². The molecule has 0 fully saturated rings. The van der Waals surface area contributed by atoms with Gasteiger partial charge in [0.05, 0.1) is 7.11 Å². The van der Waals surface area contributed by atoms with Crippen molar-refractivity contribution in [1.82, 2.24) is 5.32 Å². The summed E-state index contributed by atoms with van der Waals surface area (Å²) in [5, 5.41) is 3.19. The number of rotatable bonds is 6. The summed E-state index contributed by atoms with van der Waals surface area (Å²) >= 11 is 0. The zero-order valence-corrected chi connectivity index (χ0v) is 11.1. The van der Waals surface area contributed by atoms with E-state index in [0.29, 0.717) is 17.6 Å². The molecule has 1 unspecified atom stereocenters. The van der Waals surface area contributed by atoms with Crippen LogP contribution in [0.4, 0.5) is 4.39 Å². The first-order valence-electron chi connectivity index (χ1n) is 6.05. The number of methoxy groups -OCH3 is 1. The van der Waals surface area contributed by atoms with Crippen molar-refractivity contribution in [3.63, 3.8) is 0 Å². The van der Waals surface area contributed by atoms with E-state index in [1.165, 1.54) is 7.11 Å². The standard InChI is InChI=1S/C14H22FNO/c1-10(2)12(9-16-3)7-11-5-6-14(17-4)13(15)8-11/h5-6,8,10,12,16H,7,9H2,1-4H3. The third-order valence-electron chi connectivity index (χ3n) is 3.12. The maximum atomic E-state index is 13.5. The number of benzene rings is 1. The first-order chi connectivity index (χ1) is 8.08. The predicted octanol–water partition coefficient (Wildman–Crippen LogP) is 2.87. The van der Waals surface area contributed by atoms with Crippen molar-refractivity contribution >= 4 is 0 Å². The molecule has 1 atom stereocenters. The van der Waals surface area contributed by atoms with Crippen LogP contribution in [0.15, 0.2) is 18.2 Å². The Morgan fingerprint density at radius 3 is 2.53 bits per heavy atom. The molecule has 0 radical (unpaired) electrons. The first kappa shape index (κ1) is 14.0. The Morgan fingerprint density at radius 2 is 2.06 bits per heavy atom. The molecule has 1 aromatic carbocycles. The van der Waals surface area contributed by atoms with Gasteiger partial charge in [-0.1, -0.05) is 19.9 Å². The van der Waals surface area contributed by atoms with Crippen LogP contribution >= 0.6 is 0 Å². The molecule has 1 rings (SSSR count). The van der Waals surface area contributed by atoms with E-state index in [-0.39, 0.29) is 5.82 Å². The second-order valence-electron chi connectivity index (χ2n) is 4.73. The molecule has 96 valence electrons. The largest absolute Gasteiger partial charge is 0.494 e. The van der Waals surface area contributed by atoms with E-state index in [2.05, 4.69) is 19.2 Å². The molecule has 2 nitrogen and oxygen atoms in total. The van der Waals surface area contributed by atoms with Gasteiger partial charge >= 0.3 is 0 Å². The van der Waals surface area contributed by atoms with Crippen LogP contribution in [0.3, 0.4) is 0 Å². The zero-order valence-electron chi connectivity index (χ0n) is 11.1. The lowest BCUT2D eigenvalue weighted by Crippen LogP contribution is -2.25. The lowest BCUT2D eigenvalue weighted by molar-refractivity contribution is 0.367.